The summed E-state index contributed by atoms with van der Waals surface area (Å²) in [6.07, 6.45) is 17.8. The van der Waals surface area contributed by atoms with Crippen molar-refractivity contribution in [2.75, 3.05) is 13.2 Å². The minimum absolute atomic E-state index is 0.0435. The first-order valence-corrected chi connectivity index (χ1v) is 17.8. The molecule has 3 aliphatic rings. The molecule has 0 unspecified atom stereocenters. The molecule has 0 N–H and O–H groups in total. The number of rotatable bonds is 11. The van der Waals surface area contributed by atoms with Crippen LogP contribution in [0.4, 0.5) is 0 Å². The fourth-order valence-corrected chi connectivity index (χ4v) is 7.32. The predicted octanol–water partition coefficient (Wildman–Crippen LogP) is 7.94. The van der Waals surface area contributed by atoms with Crippen molar-refractivity contribution < 1.29 is 23.4 Å². The average Bonchev–Trinajstić information content (AvgIpc) is 3.39. The Labute approximate surface area is 222 Å². The molecule has 1 saturated heterocycles. The van der Waals surface area contributed by atoms with Crippen LogP contribution in [0.3, 0.4) is 0 Å². The van der Waals surface area contributed by atoms with Gasteiger partial charge in [0.05, 0.1) is 19.3 Å². The SMILES string of the molecule is CCCCCCCC1(CC[C@@H]2[C@H]3C/C=C\CCCC(=O)O[C@H]3C[C@H]2O[Si](C)(C)C(C)(C)C)OCCO1. The standard InChI is InChI=1S/C30H54O5Si/c1-7-8-9-12-15-19-30(32-21-22-33-30)20-18-25-24-16-13-10-11-14-17-28(31)34-26(24)23-27(25)35-36(5,6)29(2,3)4/h10,13,24-27H,7-9,11-12,14-23H2,1-6H3/b13-10-/t24-,25-,26+,27-/m1/s1. The summed E-state index contributed by atoms with van der Waals surface area (Å²) >= 11 is 0. The van der Waals surface area contributed by atoms with Gasteiger partial charge in [0.2, 0.25) is 0 Å². The van der Waals surface area contributed by atoms with Crippen molar-refractivity contribution in [3.8, 4) is 0 Å². The van der Waals surface area contributed by atoms with Crippen molar-refractivity contribution >= 4 is 14.3 Å². The zero-order valence-electron chi connectivity index (χ0n) is 24.1. The third-order valence-electron chi connectivity index (χ3n) is 9.16. The molecule has 2 fully saturated rings. The molecule has 1 saturated carbocycles. The fraction of sp³-hybridized carbons (Fsp3) is 0.900. The summed E-state index contributed by atoms with van der Waals surface area (Å²) in [6.45, 7) is 15.2. The van der Waals surface area contributed by atoms with Crippen LogP contribution in [-0.4, -0.2) is 45.5 Å². The van der Waals surface area contributed by atoms with Gasteiger partial charge in [-0.15, -0.1) is 0 Å². The van der Waals surface area contributed by atoms with E-state index in [0.29, 0.717) is 31.5 Å². The minimum atomic E-state index is -1.97. The van der Waals surface area contributed by atoms with Gasteiger partial charge in [0.15, 0.2) is 14.1 Å². The molecule has 0 amide bonds. The Balaban J connectivity index is 1.76. The number of esters is 1. The Morgan fingerprint density at radius 1 is 1.06 bits per heavy atom. The number of hydrogen-bond donors (Lipinski definition) is 0. The van der Waals surface area contributed by atoms with E-state index in [2.05, 4.69) is 52.9 Å². The monoisotopic (exact) mass is 522 g/mol. The number of fused-ring (bicyclic) bond motifs is 1. The second-order valence-corrected chi connectivity index (χ2v) is 17.7. The third kappa shape index (κ3) is 8.15. The molecule has 208 valence electrons. The molecule has 0 aromatic rings. The van der Waals surface area contributed by atoms with E-state index in [-0.39, 0.29) is 23.2 Å². The van der Waals surface area contributed by atoms with Gasteiger partial charge in [-0.3, -0.25) is 4.79 Å². The molecule has 6 heteroatoms. The molecule has 2 heterocycles. The van der Waals surface area contributed by atoms with Crippen LogP contribution in [0.1, 0.15) is 111 Å². The molecule has 0 aromatic carbocycles. The van der Waals surface area contributed by atoms with Gasteiger partial charge in [-0.2, -0.15) is 0 Å². The van der Waals surface area contributed by atoms with Gasteiger partial charge in [-0.25, -0.2) is 0 Å². The zero-order chi connectivity index (χ0) is 26.2. The number of carbonyl (C=O) groups is 1. The van der Waals surface area contributed by atoms with E-state index in [0.717, 1.165) is 51.4 Å². The molecule has 36 heavy (non-hydrogen) atoms. The topological polar surface area (TPSA) is 54.0 Å². The molecule has 0 bridgehead atoms. The Morgan fingerprint density at radius 2 is 1.78 bits per heavy atom. The van der Waals surface area contributed by atoms with Crippen molar-refractivity contribution in [2.45, 2.75) is 147 Å². The number of unbranched alkanes of at least 4 members (excludes halogenated alkanes) is 4. The lowest BCUT2D eigenvalue weighted by atomic mass is 9.84. The van der Waals surface area contributed by atoms with Gasteiger partial charge >= 0.3 is 5.97 Å². The maximum atomic E-state index is 12.6. The number of hydrogen-bond acceptors (Lipinski definition) is 5. The lowest BCUT2D eigenvalue weighted by Gasteiger charge is -2.40. The molecule has 0 aromatic heterocycles. The van der Waals surface area contributed by atoms with Crippen molar-refractivity contribution in [3.63, 3.8) is 0 Å². The van der Waals surface area contributed by atoms with Crippen molar-refractivity contribution in [3.05, 3.63) is 12.2 Å². The second-order valence-electron chi connectivity index (χ2n) is 12.9. The van der Waals surface area contributed by atoms with Crippen LogP contribution in [0.15, 0.2) is 12.2 Å². The Kier molecular flexibility index (Phi) is 11.1. The summed E-state index contributed by atoms with van der Waals surface area (Å²) in [5, 5.41) is 0.141. The van der Waals surface area contributed by atoms with E-state index < -0.39 is 14.1 Å². The van der Waals surface area contributed by atoms with Crippen LogP contribution < -0.4 is 0 Å². The Morgan fingerprint density at radius 3 is 2.47 bits per heavy atom. The quantitative estimate of drug-likeness (QED) is 0.119. The lowest BCUT2D eigenvalue weighted by molar-refractivity contribution is -0.172. The Bertz CT molecular complexity index is 707. The van der Waals surface area contributed by atoms with Crippen molar-refractivity contribution in [2.24, 2.45) is 11.8 Å². The first-order valence-electron chi connectivity index (χ1n) is 14.9. The molecule has 0 radical (unpaired) electrons. The van der Waals surface area contributed by atoms with Gasteiger partial charge in [-0.05, 0) is 56.2 Å². The first kappa shape index (κ1) is 29.9. The maximum absolute atomic E-state index is 12.6. The van der Waals surface area contributed by atoms with Gasteiger partial charge in [-0.1, -0.05) is 65.5 Å². The first-order chi connectivity index (χ1) is 17.1. The highest BCUT2D eigenvalue weighted by Gasteiger charge is 2.50. The fourth-order valence-electron chi connectivity index (χ4n) is 5.94. The molecule has 0 spiro atoms. The number of allylic oxidation sites excluding steroid dienone is 2. The largest absolute Gasteiger partial charge is 0.462 e. The summed E-state index contributed by atoms with van der Waals surface area (Å²) in [6, 6.07) is 0. The third-order valence-corrected chi connectivity index (χ3v) is 13.7. The van der Waals surface area contributed by atoms with E-state index in [1.165, 1.54) is 25.7 Å². The van der Waals surface area contributed by atoms with Crippen LogP contribution in [0.25, 0.3) is 0 Å². The molecule has 1 aliphatic carbocycles. The van der Waals surface area contributed by atoms with E-state index in [4.69, 9.17) is 18.6 Å². The maximum Gasteiger partial charge on any atom is 0.306 e. The highest BCUT2D eigenvalue weighted by Crippen LogP contribution is 2.47. The van der Waals surface area contributed by atoms with E-state index in [1.807, 2.05) is 0 Å². The molecule has 2 aliphatic heterocycles. The normalized spacial score (nSPS) is 30.1. The molecular weight excluding hydrogens is 468 g/mol. The summed E-state index contributed by atoms with van der Waals surface area (Å²) in [5.41, 5.74) is 0. The average molecular weight is 523 g/mol. The molecule has 3 rings (SSSR count). The highest BCUT2D eigenvalue weighted by molar-refractivity contribution is 6.74. The van der Waals surface area contributed by atoms with Crippen LogP contribution in [0, 0.1) is 11.8 Å². The minimum Gasteiger partial charge on any atom is -0.462 e. The van der Waals surface area contributed by atoms with E-state index in [1.54, 1.807) is 0 Å². The predicted molar refractivity (Wildman–Crippen MR) is 148 cm³/mol. The van der Waals surface area contributed by atoms with Gasteiger partial charge in [0.25, 0.3) is 0 Å². The smallest absolute Gasteiger partial charge is 0.306 e. The Hall–Kier alpha value is -0.693. The van der Waals surface area contributed by atoms with Crippen LogP contribution >= 0.6 is 0 Å². The van der Waals surface area contributed by atoms with Gasteiger partial charge in [0.1, 0.15) is 6.10 Å². The second kappa shape index (κ2) is 13.4. The van der Waals surface area contributed by atoms with E-state index in [9.17, 15) is 4.79 Å². The zero-order valence-corrected chi connectivity index (χ0v) is 25.1. The highest BCUT2D eigenvalue weighted by atomic mass is 28.4. The molecule has 4 atom stereocenters. The summed E-state index contributed by atoms with van der Waals surface area (Å²) in [5.74, 6) is 0.138. The summed E-state index contributed by atoms with van der Waals surface area (Å²) < 4.78 is 25.7. The van der Waals surface area contributed by atoms with Crippen LogP contribution in [0.2, 0.25) is 18.1 Å². The molecular formula is C30H54O5Si. The van der Waals surface area contributed by atoms with E-state index >= 15 is 0 Å². The van der Waals surface area contributed by atoms with Crippen LogP contribution in [0.5, 0.6) is 0 Å². The van der Waals surface area contributed by atoms with Gasteiger partial charge in [0, 0.05) is 31.6 Å². The number of ether oxygens (including phenoxy) is 3. The number of carbonyl (C=O) groups excluding carboxylic acids is 1. The molecule has 5 nitrogen and oxygen atoms in total. The van der Waals surface area contributed by atoms with Gasteiger partial charge < -0.3 is 18.6 Å². The lowest BCUT2D eigenvalue weighted by Crippen LogP contribution is -2.45. The van der Waals surface area contributed by atoms with Crippen molar-refractivity contribution in [1.82, 2.24) is 0 Å². The van der Waals surface area contributed by atoms with Crippen molar-refractivity contribution in [1.29, 1.82) is 0 Å². The summed E-state index contributed by atoms with van der Waals surface area (Å²) in [4.78, 5) is 12.6. The summed E-state index contributed by atoms with van der Waals surface area (Å²) in [7, 11) is -1.97. The van der Waals surface area contributed by atoms with Crippen LogP contribution in [-0.2, 0) is 23.4 Å².